The Morgan fingerprint density at radius 3 is 1.94 bits per heavy atom. The Balaban J connectivity index is 1.43. The molecule has 4 nitrogen and oxygen atoms in total. The molecule has 0 N–H and O–H groups in total. The molecular weight excluding hydrogens is 573 g/mol. The van der Waals surface area contributed by atoms with Crippen LogP contribution in [0.5, 0.6) is 0 Å². The molecule has 10 rings (SSSR count). The first-order valence-electron chi connectivity index (χ1n) is 16.2. The number of hydrogen-bond donors (Lipinski definition) is 0. The van der Waals surface area contributed by atoms with Crippen molar-refractivity contribution in [2.24, 2.45) is 0 Å². The van der Waals surface area contributed by atoms with Crippen LogP contribution in [0.15, 0.2) is 146 Å². The van der Waals surface area contributed by atoms with Crippen LogP contribution in [0.3, 0.4) is 0 Å². The molecule has 0 saturated heterocycles. The Kier molecular flexibility index (Phi) is 5.31. The largest absolute Gasteiger partial charge is 0.309 e. The van der Waals surface area contributed by atoms with Crippen LogP contribution >= 0.6 is 0 Å². The quantitative estimate of drug-likeness (QED) is 0.202. The minimum absolute atomic E-state index is 0.305. The standard InChI is InChI=1S/C43H30N4/c1-43(2)33-22-12-9-20-31(33)39-38(43)42(45-41(44-39)27-15-5-3-6-16-27)47-34-23-13-10-19-29(34)30-25-26-36-37(40(30)47)32-21-11-14-24-35(32)46(36)28-17-7-4-8-18-28/h3-26H,1-2H3. The van der Waals surface area contributed by atoms with Crippen LogP contribution < -0.4 is 0 Å². The topological polar surface area (TPSA) is 35.6 Å². The van der Waals surface area contributed by atoms with Gasteiger partial charge in [-0.25, -0.2) is 9.97 Å². The van der Waals surface area contributed by atoms with Crippen LogP contribution in [0.25, 0.3) is 77.8 Å². The Morgan fingerprint density at radius 1 is 0.511 bits per heavy atom. The predicted octanol–water partition coefficient (Wildman–Crippen LogP) is 10.6. The summed E-state index contributed by atoms with van der Waals surface area (Å²) >= 11 is 0. The van der Waals surface area contributed by atoms with E-state index in [1.54, 1.807) is 0 Å². The molecule has 4 heteroatoms. The predicted molar refractivity (Wildman–Crippen MR) is 194 cm³/mol. The second kappa shape index (κ2) is 9.51. The zero-order chi connectivity index (χ0) is 31.3. The molecule has 1 aliphatic rings. The third-order valence-electron chi connectivity index (χ3n) is 10.1. The van der Waals surface area contributed by atoms with E-state index in [1.165, 1.54) is 49.2 Å². The maximum Gasteiger partial charge on any atom is 0.162 e. The SMILES string of the molecule is CC1(C)c2ccccc2-c2nc(-c3ccccc3)nc(-n3c4ccccc4c4ccc5c(c6ccccc6n5-c5ccccc5)c43)c21. The fourth-order valence-corrected chi connectivity index (χ4v) is 8.05. The van der Waals surface area contributed by atoms with Gasteiger partial charge in [-0.05, 0) is 35.9 Å². The van der Waals surface area contributed by atoms with Crippen molar-refractivity contribution in [3.8, 4) is 34.2 Å². The summed E-state index contributed by atoms with van der Waals surface area (Å²) in [7, 11) is 0. The molecule has 0 atom stereocenters. The molecular formula is C43H30N4. The average molecular weight is 603 g/mol. The summed E-state index contributed by atoms with van der Waals surface area (Å²) in [5.41, 5.74) is 11.1. The van der Waals surface area contributed by atoms with E-state index in [-0.39, 0.29) is 5.41 Å². The molecule has 47 heavy (non-hydrogen) atoms. The van der Waals surface area contributed by atoms with Crippen LogP contribution in [-0.2, 0) is 5.41 Å². The summed E-state index contributed by atoms with van der Waals surface area (Å²) in [4.78, 5) is 10.9. The third kappa shape index (κ3) is 3.53. The van der Waals surface area contributed by atoms with Gasteiger partial charge in [0.2, 0.25) is 0 Å². The van der Waals surface area contributed by atoms with E-state index in [9.17, 15) is 0 Å². The van der Waals surface area contributed by atoms with Gasteiger partial charge in [-0.1, -0.05) is 129 Å². The summed E-state index contributed by atoms with van der Waals surface area (Å²) in [5.74, 6) is 1.67. The number of aromatic nitrogens is 4. The molecule has 3 aromatic heterocycles. The van der Waals surface area contributed by atoms with Gasteiger partial charge in [-0.2, -0.15) is 0 Å². The van der Waals surface area contributed by atoms with E-state index < -0.39 is 0 Å². The molecule has 3 heterocycles. The Bertz CT molecular complexity index is 2700. The van der Waals surface area contributed by atoms with Gasteiger partial charge in [-0.15, -0.1) is 0 Å². The van der Waals surface area contributed by atoms with Crippen molar-refractivity contribution in [1.29, 1.82) is 0 Å². The lowest BCUT2D eigenvalue weighted by Crippen LogP contribution is -2.19. The first-order valence-corrected chi connectivity index (χ1v) is 16.2. The number of benzene rings is 6. The number of hydrogen-bond acceptors (Lipinski definition) is 2. The van der Waals surface area contributed by atoms with Gasteiger partial charge in [0.05, 0.1) is 27.8 Å². The van der Waals surface area contributed by atoms with Gasteiger partial charge >= 0.3 is 0 Å². The maximum atomic E-state index is 5.53. The molecule has 0 amide bonds. The van der Waals surface area contributed by atoms with Crippen molar-refractivity contribution < 1.29 is 0 Å². The fourth-order valence-electron chi connectivity index (χ4n) is 8.05. The normalized spacial score (nSPS) is 13.5. The summed E-state index contributed by atoms with van der Waals surface area (Å²) in [5, 5.41) is 4.87. The Hall–Kier alpha value is -6.00. The average Bonchev–Trinajstić information content (AvgIpc) is 3.72. The van der Waals surface area contributed by atoms with Crippen LogP contribution in [0.2, 0.25) is 0 Å². The highest BCUT2D eigenvalue weighted by atomic mass is 15.1. The van der Waals surface area contributed by atoms with E-state index in [0.29, 0.717) is 0 Å². The zero-order valence-corrected chi connectivity index (χ0v) is 26.1. The monoisotopic (exact) mass is 602 g/mol. The molecule has 0 saturated carbocycles. The minimum atomic E-state index is -0.305. The van der Waals surface area contributed by atoms with Gasteiger partial charge < -0.3 is 4.57 Å². The van der Waals surface area contributed by atoms with Crippen LogP contribution in [0.1, 0.15) is 25.0 Å². The van der Waals surface area contributed by atoms with Gasteiger partial charge in [-0.3, -0.25) is 4.57 Å². The van der Waals surface area contributed by atoms with Gasteiger partial charge in [0.1, 0.15) is 5.82 Å². The summed E-state index contributed by atoms with van der Waals surface area (Å²) in [6.45, 7) is 4.63. The summed E-state index contributed by atoms with van der Waals surface area (Å²) in [6, 6.07) is 51.9. The van der Waals surface area contributed by atoms with Crippen molar-refractivity contribution in [2.75, 3.05) is 0 Å². The van der Waals surface area contributed by atoms with Crippen LogP contribution in [0.4, 0.5) is 0 Å². The van der Waals surface area contributed by atoms with Crippen LogP contribution in [0, 0.1) is 0 Å². The highest BCUT2D eigenvalue weighted by Crippen LogP contribution is 2.52. The summed E-state index contributed by atoms with van der Waals surface area (Å²) < 4.78 is 4.83. The van der Waals surface area contributed by atoms with Crippen molar-refractivity contribution >= 4 is 43.6 Å². The van der Waals surface area contributed by atoms with E-state index >= 15 is 0 Å². The molecule has 0 spiro atoms. The Labute approximate surface area is 272 Å². The highest BCUT2D eigenvalue weighted by Gasteiger charge is 2.41. The smallest absolute Gasteiger partial charge is 0.162 e. The van der Waals surface area contributed by atoms with E-state index in [2.05, 4.69) is 163 Å². The highest BCUT2D eigenvalue weighted by molar-refractivity contribution is 6.26. The van der Waals surface area contributed by atoms with Gasteiger partial charge in [0.15, 0.2) is 5.82 Å². The van der Waals surface area contributed by atoms with Crippen molar-refractivity contribution in [1.82, 2.24) is 19.1 Å². The third-order valence-corrected chi connectivity index (χ3v) is 10.1. The van der Waals surface area contributed by atoms with E-state index in [4.69, 9.17) is 9.97 Å². The molecule has 0 aliphatic heterocycles. The fraction of sp³-hybridized carbons (Fsp3) is 0.0698. The number of fused-ring (bicyclic) bond motifs is 10. The second-order valence-electron chi connectivity index (χ2n) is 13.0. The molecule has 0 radical (unpaired) electrons. The van der Waals surface area contributed by atoms with Crippen LogP contribution in [-0.4, -0.2) is 19.1 Å². The Morgan fingerprint density at radius 2 is 1.15 bits per heavy atom. The first kappa shape index (κ1) is 26.2. The van der Waals surface area contributed by atoms with E-state index in [1.807, 2.05) is 6.07 Å². The molecule has 0 bridgehead atoms. The second-order valence-corrected chi connectivity index (χ2v) is 13.0. The lowest BCUT2D eigenvalue weighted by Gasteiger charge is -2.24. The molecule has 1 aliphatic carbocycles. The van der Waals surface area contributed by atoms with Crippen molar-refractivity contribution in [2.45, 2.75) is 19.3 Å². The molecule has 0 unspecified atom stereocenters. The lowest BCUT2D eigenvalue weighted by atomic mass is 9.82. The number of rotatable bonds is 3. The molecule has 222 valence electrons. The van der Waals surface area contributed by atoms with E-state index in [0.717, 1.165) is 39.7 Å². The first-order chi connectivity index (χ1) is 23.1. The minimum Gasteiger partial charge on any atom is -0.309 e. The van der Waals surface area contributed by atoms with Crippen molar-refractivity contribution in [3.63, 3.8) is 0 Å². The van der Waals surface area contributed by atoms with Gasteiger partial charge in [0, 0.05) is 49.3 Å². The lowest BCUT2D eigenvalue weighted by molar-refractivity contribution is 0.650. The van der Waals surface area contributed by atoms with Gasteiger partial charge in [0.25, 0.3) is 0 Å². The van der Waals surface area contributed by atoms with Crippen molar-refractivity contribution in [3.05, 3.63) is 157 Å². The molecule has 6 aromatic carbocycles. The molecule has 9 aromatic rings. The number of para-hydroxylation sites is 3. The molecule has 0 fully saturated rings. The number of nitrogens with zero attached hydrogens (tertiary/aromatic N) is 4. The summed E-state index contributed by atoms with van der Waals surface area (Å²) in [6.07, 6.45) is 0. The maximum absolute atomic E-state index is 5.53. The zero-order valence-electron chi connectivity index (χ0n) is 26.1.